The van der Waals surface area contributed by atoms with E-state index in [1.807, 2.05) is 0 Å². The Morgan fingerprint density at radius 3 is 1.50 bits per heavy atom. The summed E-state index contributed by atoms with van der Waals surface area (Å²) in [5, 5.41) is 0. The third kappa shape index (κ3) is 11.6. The lowest BCUT2D eigenvalue weighted by Crippen LogP contribution is -2.23. The highest BCUT2D eigenvalue weighted by atomic mass is 14.3. The second-order valence-electron chi connectivity index (χ2n) is 10.8. The van der Waals surface area contributed by atoms with Crippen molar-refractivity contribution in [1.82, 2.24) is 0 Å². The van der Waals surface area contributed by atoms with Crippen molar-refractivity contribution in [2.45, 2.75) is 108 Å². The summed E-state index contributed by atoms with van der Waals surface area (Å²) in [4.78, 5) is 0. The fraction of sp³-hybridized carbons (Fsp3) is 1.00. The maximum atomic E-state index is 2.48. The van der Waals surface area contributed by atoms with Crippen molar-refractivity contribution in [3.8, 4) is 0 Å². The molecule has 0 heteroatoms. The van der Waals surface area contributed by atoms with E-state index in [1.165, 1.54) is 38.5 Å². The lowest BCUT2D eigenvalue weighted by Gasteiger charge is -2.32. The SMILES string of the molecule is CC(CCCCC(C(C)C)C(C)CC(C)(C)C)CC(C)(C)C. The van der Waals surface area contributed by atoms with E-state index < -0.39 is 0 Å². The predicted octanol–water partition coefficient (Wildman–Crippen LogP) is 7.96. The molecule has 0 aromatic carbocycles. The molecule has 22 heavy (non-hydrogen) atoms. The standard InChI is InChI=1S/C22H46/c1-17(2)20(19(4)16-22(8,9)10)14-12-11-13-18(3)15-21(5,6)7/h17-20H,11-16H2,1-10H3. The smallest absolute Gasteiger partial charge is 0.0365 e. The molecule has 0 nitrogen and oxygen atoms in total. The first kappa shape index (κ1) is 22.0. The topological polar surface area (TPSA) is 0 Å². The summed E-state index contributed by atoms with van der Waals surface area (Å²) in [7, 11) is 0. The van der Waals surface area contributed by atoms with Crippen molar-refractivity contribution < 1.29 is 0 Å². The molecule has 0 aromatic rings. The van der Waals surface area contributed by atoms with Crippen LogP contribution in [0.15, 0.2) is 0 Å². The van der Waals surface area contributed by atoms with E-state index in [9.17, 15) is 0 Å². The van der Waals surface area contributed by atoms with Crippen LogP contribution in [0.25, 0.3) is 0 Å². The van der Waals surface area contributed by atoms with Gasteiger partial charge >= 0.3 is 0 Å². The van der Waals surface area contributed by atoms with E-state index in [2.05, 4.69) is 69.2 Å². The molecule has 0 heterocycles. The monoisotopic (exact) mass is 310 g/mol. The summed E-state index contributed by atoms with van der Waals surface area (Å²) < 4.78 is 0. The summed E-state index contributed by atoms with van der Waals surface area (Å²) in [5.41, 5.74) is 0.953. The minimum absolute atomic E-state index is 0.466. The number of hydrogen-bond acceptors (Lipinski definition) is 0. The van der Waals surface area contributed by atoms with Crippen LogP contribution in [0.5, 0.6) is 0 Å². The van der Waals surface area contributed by atoms with Crippen LogP contribution < -0.4 is 0 Å². The lowest BCUT2D eigenvalue weighted by atomic mass is 9.73. The van der Waals surface area contributed by atoms with Crippen molar-refractivity contribution >= 4 is 0 Å². The van der Waals surface area contributed by atoms with Crippen molar-refractivity contribution in [1.29, 1.82) is 0 Å². The summed E-state index contributed by atoms with van der Waals surface area (Å²) in [6.07, 6.45) is 8.40. The van der Waals surface area contributed by atoms with Crippen LogP contribution in [0.3, 0.4) is 0 Å². The summed E-state index contributed by atoms with van der Waals surface area (Å²) in [6, 6.07) is 0. The molecule has 0 amide bonds. The molecule has 134 valence electrons. The molecule has 0 spiro atoms. The van der Waals surface area contributed by atoms with Crippen molar-refractivity contribution in [2.75, 3.05) is 0 Å². The van der Waals surface area contributed by atoms with Crippen LogP contribution in [0.4, 0.5) is 0 Å². The summed E-state index contributed by atoms with van der Waals surface area (Å²) >= 11 is 0. The quantitative estimate of drug-likeness (QED) is 0.379. The first-order valence-electron chi connectivity index (χ1n) is 9.82. The van der Waals surface area contributed by atoms with Gasteiger partial charge in [0, 0.05) is 0 Å². The lowest BCUT2D eigenvalue weighted by molar-refractivity contribution is 0.181. The van der Waals surface area contributed by atoms with Crippen LogP contribution in [0.1, 0.15) is 108 Å². The molecule has 0 aromatic heterocycles. The molecule has 0 fully saturated rings. The van der Waals surface area contributed by atoms with Gasteiger partial charge in [-0.2, -0.15) is 0 Å². The zero-order valence-electron chi connectivity index (χ0n) is 17.6. The molecule has 0 radical (unpaired) electrons. The molecular formula is C22H46. The van der Waals surface area contributed by atoms with E-state index in [1.54, 1.807) is 0 Å². The Morgan fingerprint density at radius 2 is 1.09 bits per heavy atom. The van der Waals surface area contributed by atoms with Crippen LogP contribution in [0.2, 0.25) is 0 Å². The third-order valence-electron chi connectivity index (χ3n) is 4.97. The van der Waals surface area contributed by atoms with Gasteiger partial charge in [-0.1, -0.05) is 88.5 Å². The van der Waals surface area contributed by atoms with E-state index in [0.717, 1.165) is 23.7 Å². The molecule has 3 unspecified atom stereocenters. The Morgan fingerprint density at radius 1 is 0.636 bits per heavy atom. The van der Waals surface area contributed by atoms with Gasteiger partial charge in [0.2, 0.25) is 0 Å². The largest absolute Gasteiger partial charge is 0.0625 e. The first-order valence-corrected chi connectivity index (χ1v) is 9.82. The van der Waals surface area contributed by atoms with Gasteiger partial charge in [-0.3, -0.25) is 0 Å². The molecule has 3 atom stereocenters. The second kappa shape index (κ2) is 9.33. The molecule has 0 saturated carbocycles. The molecule has 0 saturated heterocycles. The van der Waals surface area contributed by atoms with Crippen molar-refractivity contribution in [3.05, 3.63) is 0 Å². The van der Waals surface area contributed by atoms with Crippen LogP contribution in [-0.2, 0) is 0 Å². The van der Waals surface area contributed by atoms with Gasteiger partial charge in [-0.05, 0) is 53.8 Å². The van der Waals surface area contributed by atoms with E-state index in [4.69, 9.17) is 0 Å². The Balaban J connectivity index is 4.17. The maximum Gasteiger partial charge on any atom is -0.0365 e. The minimum Gasteiger partial charge on any atom is -0.0625 e. The fourth-order valence-corrected chi connectivity index (χ4v) is 4.41. The Hall–Kier alpha value is 0. The second-order valence-corrected chi connectivity index (χ2v) is 10.8. The summed E-state index contributed by atoms with van der Waals surface area (Å²) in [5.74, 6) is 3.46. The average Bonchev–Trinajstić information content (AvgIpc) is 2.22. The molecule has 0 aliphatic rings. The zero-order chi connectivity index (χ0) is 17.6. The van der Waals surface area contributed by atoms with Crippen molar-refractivity contribution in [3.63, 3.8) is 0 Å². The Bertz CT molecular complexity index is 273. The normalized spacial score (nSPS) is 17.6. The molecule has 0 aliphatic heterocycles. The molecule has 0 N–H and O–H groups in total. The van der Waals surface area contributed by atoms with Gasteiger partial charge in [-0.15, -0.1) is 0 Å². The van der Waals surface area contributed by atoms with Gasteiger partial charge < -0.3 is 0 Å². The first-order chi connectivity index (χ1) is 9.82. The van der Waals surface area contributed by atoms with Gasteiger partial charge in [0.15, 0.2) is 0 Å². The number of hydrogen-bond donors (Lipinski definition) is 0. The Labute approximate surface area is 142 Å². The van der Waals surface area contributed by atoms with Crippen LogP contribution in [0, 0.1) is 34.5 Å². The fourth-order valence-electron chi connectivity index (χ4n) is 4.41. The van der Waals surface area contributed by atoms with Gasteiger partial charge in [0.05, 0.1) is 0 Å². The minimum atomic E-state index is 0.466. The summed E-state index contributed by atoms with van der Waals surface area (Å²) in [6.45, 7) is 24.0. The van der Waals surface area contributed by atoms with Gasteiger partial charge in [0.1, 0.15) is 0 Å². The Kier molecular flexibility index (Phi) is 9.33. The number of unbranched alkanes of at least 4 members (excludes halogenated alkanes) is 1. The number of rotatable bonds is 9. The van der Waals surface area contributed by atoms with E-state index in [-0.39, 0.29) is 0 Å². The molecular weight excluding hydrogens is 264 g/mol. The van der Waals surface area contributed by atoms with Crippen LogP contribution >= 0.6 is 0 Å². The molecule has 0 aliphatic carbocycles. The van der Waals surface area contributed by atoms with Crippen molar-refractivity contribution in [2.24, 2.45) is 34.5 Å². The molecule has 0 rings (SSSR count). The maximum absolute atomic E-state index is 2.48. The highest BCUT2D eigenvalue weighted by Crippen LogP contribution is 2.35. The van der Waals surface area contributed by atoms with Gasteiger partial charge in [-0.25, -0.2) is 0 Å². The third-order valence-corrected chi connectivity index (χ3v) is 4.97. The zero-order valence-corrected chi connectivity index (χ0v) is 17.6. The van der Waals surface area contributed by atoms with E-state index >= 15 is 0 Å². The molecule has 0 bridgehead atoms. The highest BCUT2D eigenvalue weighted by molar-refractivity contribution is 4.75. The van der Waals surface area contributed by atoms with Gasteiger partial charge in [0.25, 0.3) is 0 Å². The predicted molar refractivity (Wildman–Crippen MR) is 103 cm³/mol. The highest BCUT2D eigenvalue weighted by Gasteiger charge is 2.25. The van der Waals surface area contributed by atoms with Crippen LogP contribution in [-0.4, -0.2) is 0 Å². The van der Waals surface area contributed by atoms with E-state index in [0.29, 0.717) is 10.8 Å². The average molecular weight is 311 g/mol.